The van der Waals surface area contributed by atoms with E-state index in [-0.39, 0.29) is 6.47 Å². The van der Waals surface area contributed by atoms with Crippen molar-refractivity contribution in [1.82, 2.24) is 0 Å². The third-order valence-corrected chi connectivity index (χ3v) is 2.29. The van der Waals surface area contributed by atoms with Crippen molar-refractivity contribution < 1.29 is 9.90 Å². The fraction of sp³-hybridized carbons (Fsp3) is 0.375. The summed E-state index contributed by atoms with van der Waals surface area (Å²) in [5, 5.41) is 6.89. The molecule has 3 heteroatoms. The SMILES string of the molecule is CCc1ccc(C)s1.O=CO. The molecule has 0 radical (unpaired) electrons. The molecule has 0 aliphatic carbocycles. The van der Waals surface area contributed by atoms with Gasteiger partial charge in [0.05, 0.1) is 0 Å². The third-order valence-electron chi connectivity index (χ3n) is 1.14. The van der Waals surface area contributed by atoms with E-state index in [1.807, 2.05) is 11.3 Å². The predicted molar refractivity (Wildman–Crippen MR) is 47.1 cm³/mol. The Morgan fingerprint density at radius 2 is 2.18 bits per heavy atom. The van der Waals surface area contributed by atoms with Gasteiger partial charge in [0.2, 0.25) is 0 Å². The number of aryl methyl sites for hydroxylation is 2. The van der Waals surface area contributed by atoms with Crippen LogP contribution >= 0.6 is 11.3 Å². The van der Waals surface area contributed by atoms with E-state index in [0.29, 0.717) is 0 Å². The molecule has 1 heterocycles. The van der Waals surface area contributed by atoms with Crippen molar-refractivity contribution in [1.29, 1.82) is 0 Å². The minimum atomic E-state index is -0.250. The Balaban J connectivity index is 0.000000292. The van der Waals surface area contributed by atoms with Gasteiger partial charge in [-0.2, -0.15) is 0 Å². The van der Waals surface area contributed by atoms with Crippen LogP contribution in [-0.4, -0.2) is 11.6 Å². The van der Waals surface area contributed by atoms with Crippen LogP contribution in [0.3, 0.4) is 0 Å². The van der Waals surface area contributed by atoms with Gasteiger partial charge in [-0.25, -0.2) is 0 Å². The zero-order valence-electron chi connectivity index (χ0n) is 6.70. The Morgan fingerprint density at radius 3 is 2.36 bits per heavy atom. The van der Waals surface area contributed by atoms with Crippen molar-refractivity contribution >= 4 is 17.8 Å². The van der Waals surface area contributed by atoms with E-state index in [1.54, 1.807) is 0 Å². The highest BCUT2D eigenvalue weighted by atomic mass is 32.1. The number of hydrogen-bond donors (Lipinski definition) is 1. The molecule has 0 bridgehead atoms. The summed E-state index contributed by atoms with van der Waals surface area (Å²) in [6, 6.07) is 4.36. The highest BCUT2D eigenvalue weighted by Gasteiger charge is 1.89. The van der Waals surface area contributed by atoms with Crippen LogP contribution in [0.2, 0.25) is 0 Å². The van der Waals surface area contributed by atoms with Crippen molar-refractivity contribution in [3.05, 3.63) is 21.9 Å². The average Bonchev–Trinajstić information content (AvgIpc) is 2.37. The molecule has 11 heavy (non-hydrogen) atoms. The summed E-state index contributed by atoms with van der Waals surface area (Å²) in [5.74, 6) is 0. The Labute approximate surface area is 70.5 Å². The molecule has 0 aliphatic rings. The van der Waals surface area contributed by atoms with Gasteiger partial charge in [-0.1, -0.05) is 6.92 Å². The Morgan fingerprint density at radius 1 is 1.64 bits per heavy atom. The standard InChI is InChI=1S/C7H10S.CH2O2/c1-3-7-5-4-6(2)8-7;2-1-3/h4-5H,3H2,1-2H3;1H,(H,2,3). The summed E-state index contributed by atoms with van der Waals surface area (Å²) in [6.07, 6.45) is 1.18. The van der Waals surface area contributed by atoms with Crippen molar-refractivity contribution in [3.63, 3.8) is 0 Å². The average molecular weight is 172 g/mol. The maximum absolute atomic E-state index is 8.36. The quantitative estimate of drug-likeness (QED) is 0.660. The largest absolute Gasteiger partial charge is 0.483 e. The molecule has 0 aromatic carbocycles. The summed E-state index contributed by atoms with van der Waals surface area (Å²) >= 11 is 1.89. The van der Waals surface area contributed by atoms with Gasteiger partial charge in [0, 0.05) is 9.75 Å². The molecule has 0 atom stereocenters. The van der Waals surface area contributed by atoms with Crippen molar-refractivity contribution in [2.24, 2.45) is 0 Å². The minimum Gasteiger partial charge on any atom is -0.483 e. The van der Waals surface area contributed by atoms with E-state index in [0.717, 1.165) is 0 Å². The fourth-order valence-electron chi connectivity index (χ4n) is 0.675. The number of carbonyl (C=O) groups is 1. The van der Waals surface area contributed by atoms with E-state index < -0.39 is 0 Å². The van der Waals surface area contributed by atoms with E-state index >= 15 is 0 Å². The molecule has 0 saturated carbocycles. The molecule has 0 amide bonds. The number of carboxylic acid groups (broad SMARTS) is 1. The molecular formula is C8H12O2S. The zero-order chi connectivity index (χ0) is 8.69. The van der Waals surface area contributed by atoms with E-state index in [9.17, 15) is 0 Å². The van der Waals surface area contributed by atoms with Crippen molar-refractivity contribution in [2.45, 2.75) is 20.3 Å². The molecular weight excluding hydrogens is 160 g/mol. The lowest BCUT2D eigenvalue weighted by Crippen LogP contribution is -1.63. The third kappa shape index (κ3) is 4.56. The first-order chi connectivity index (χ1) is 5.24. The second-order valence-electron chi connectivity index (χ2n) is 1.97. The Hall–Kier alpha value is -0.830. The molecule has 2 nitrogen and oxygen atoms in total. The fourth-order valence-corrected chi connectivity index (χ4v) is 1.51. The van der Waals surface area contributed by atoms with Gasteiger partial charge in [0.1, 0.15) is 0 Å². The Kier molecular flexibility index (Phi) is 5.47. The molecule has 1 aromatic heterocycles. The molecule has 0 fully saturated rings. The van der Waals surface area contributed by atoms with Gasteiger partial charge in [-0.3, -0.25) is 4.79 Å². The summed E-state index contributed by atoms with van der Waals surface area (Å²) < 4.78 is 0. The summed E-state index contributed by atoms with van der Waals surface area (Å²) in [7, 11) is 0. The highest BCUT2D eigenvalue weighted by Crippen LogP contribution is 2.14. The normalized spacial score (nSPS) is 8.18. The van der Waals surface area contributed by atoms with Crippen LogP contribution in [0, 0.1) is 6.92 Å². The summed E-state index contributed by atoms with van der Waals surface area (Å²) in [5.41, 5.74) is 0. The zero-order valence-corrected chi connectivity index (χ0v) is 7.52. The van der Waals surface area contributed by atoms with Gasteiger partial charge in [-0.05, 0) is 25.5 Å². The van der Waals surface area contributed by atoms with Crippen LogP contribution in [0.15, 0.2) is 12.1 Å². The number of hydrogen-bond acceptors (Lipinski definition) is 2. The lowest BCUT2D eigenvalue weighted by Gasteiger charge is -1.80. The maximum atomic E-state index is 8.36. The first kappa shape index (κ1) is 10.2. The summed E-state index contributed by atoms with van der Waals surface area (Å²) in [6.45, 7) is 4.08. The molecule has 0 saturated heterocycles. The van der Waals surface area contributed by atoms with E-state index in [1.165, 1.54) is 16.2 Å². The molecule has 0 spiro atoms. The number of thiophene rings is 1. The van der Waals surface area contributed by atoms with E-state index in [4.69, 9.17) is 9.90 Å². The van der Waals surface area contributed by atoms with E-state index in [2.05, 4.69) is 26.0 Å². The predicted octanol–water partition coefficient (Wildman–Crippen LogP) is 2.32. The van der Waals surface area contributed by atoms with Crippen molar-refractivity contribution in [3.8, 4) is 0 Å². The molecule has 0 aliphatic heterocycles. The molecule has 1 aromatic rings. The van der Waals surface area contributed by atoms with Crippen LogP contribution in [-0.2, 0) is 11.2 Å². The first-order valence-corrected chi connectivity index (χ1v) is 4.19. The smallest absolute Gasteiger partial charge is 0.290 e. The van der Waals surface area contributed by atoms with Gasteiger partial charge in [0.25, 0.3) is 6.47 Å². The second-order valence-corrected chi connectivity index (χ2v) is 3.34. The molecule has 1 rings (SSSR count). The van der Waals surface area contributed by atoms with Crippen LogP contribution < -0.4 is 0 Å². The maximum Gasteiger partial charge on any atom is 0.290 e. The van der Waals surface area contributed by atoms with Gasteiger partial charge in [0.15, 0.2) is 0 Å². The topological polar surface area (TPSA) is 37.3 Å². The van der Waals surface area contributed by atoms with Crippen LogP contribution in [0.25, 0.3) is 0 Å². The Bertz CT molecular complexity index is 206. The van der Waals surface area contributed by atoms with Crippen LogP contribution in [0.1, 0.15) is 16.7 Å². The monoisotopic (exact) mass is 172 g/mol. The first-order valence-electron chi connectivity index (χ1n) is 3.37. The molecule has 1 N–H and O–H groups in total. The van der Waals surface area contributed by atoms with Crippen LogP contribution in [0.4, 0.5) is 0 Å². The highest BCUT2D eigenvalue weighted by molar-refractivity contribution is 7.11. The lowest BCUT2D eigenvalue weighted by atomic mass is 10.4. The lowest BCUT2D eigenvalue weighted by molar-refractivity contribution is -0.122. The van der Waals surface area contributed by atoms with Gasteiger partial charge >= 0.3 is 0 Å². The van der Waals surface area contributed by atoms with Gasteiger partial charge < -0.3 is 5.11 Å². The number of rotatable bonds is 1. The minimum absolute atomic E-state index is 0.250. The summed E-state index contributed by atoms with van der Waals surface area (Å²) in [4.78, 5) is 11.3. The second kappa shape index (κ2) is 5.92. The van der Waals surface area contributed by atoms with Gasteiger partial charge in [-0.15, -0.1) is 11.3 Å². The van der Waals surface area contributed by atoms with Crippen LogP contribution in [0.5, 0.6) is 0 Å². The van der Waals surface area contributed by atoms with Crippen molar-refractivity contribution in [2.75, 3.05) is 0 Å². The molecule has 0 unspecified atom stereocenters. The molecule has 62 valence electrons.